The van der Waals surface area contributed by atoms with Crippen molar-refractivity contribution in [2.75, 3.05) is 0 Å². The molecular weight excluding hydrogens is 272 g/mol. The Balaban J connectivity index is 1.62. The van der Waals surface area contributed by atoms with Crippen molar-refractivity contribution in [3.05, 3.63) is 41.7 Å². The van der Waals surface area contributed by atoms with Crippen LogP contribution in [0.15, 0.2) is 30.3 Å². The Morgan fingerprint density at radius 1 is 1.33 bits per heavy atom. The lowest BCUT2D eigenvalue weighted by molar-refractivity contribution is -0.236. The lowest BCUT2D eigenvalue weighted by atomic mass is 10.0. The maximum Gasteiger partial charge on any atom is 0.265 e. The van der Waals surface area contributed by atoms with E-state index in [1.807, 2.05) is 37.3 Å². The van der Waals surface area contributed by atoms with Gasteiger partial charge in [-0.05, 0) is 22.9 Å². The van der Waals surface area contributed by atoms with Crippen molar-refractivity contribution in [2.24, 2.45) is 5.73 Å². The molecule has 1 aliphatic rings. The Morgan fingerprint density at radius 2 is 2.10 bits per heavy atom. The van der Waals surface area contributed by atoms with Crippen LogP contribution in [-0.2, 0) is 22.8 Å². The molecule has 1 fully saturated rings. The highest BCUT2D eigenvalue weighted by atomic mass is 16.7. The van der Waals surface area contributed by atoms with E-state index in [-0.39, 0.29) is 18.6 Å². The van der Waals surface area contributed by atoms with E-state index in [2.05, 4.69) is 15.5 Å². The minimum atomic E-state index is -0.481. The third kappa shape index (κ3) is 2.63. The third-order valence-electron chi connectivity index (χ3n) is 3.51. The zero-order valence-corrected chi connectivity index (χ0v) is 11.6. The van der Waals surface area contributed by atoms with Crippen LogP contribution < -0.4 is 5.73 Å². The largest absolute Gasteiger partial charge is 0.318 e. The van der Waals surface area contributed by atoms with Gasteiger partial charge >= 0.3 is 0 Å². The normalized spacial score (nSPS) is 21.4. The number of nitrogens with two attached hydrogens (primary N) is 1. The Bertz CT molecular complexity index is 629. The average Bonchev–Trinajstić information content (AvgIpc) is 2.95. The number of hydrogen-bond acceptors (Lipinski definition) is 6. The smallest absolute Gasteiger partial charge is 0.265 e. The zero-order valence-electron chi connectivity index (χ0n) is 11.6. The van der Waals surface area contributed by atoms with Gasteiger partial charge in [-0.25, -0.2) is 9.75 Å². The molecule has 1 amide bonds. The van der Waals surface area contributed by atoms with Gasteiger partial charge in [-0.1, -0.05) is 30.3 Å². The van der Waals surface area contributed by atoms with Gasteiger partial charge in [-0.15, -0.1) is 5.10 Å². The molecule has 2 heterocycles. The van der Waals surface area contributed by atoms with Crippen LogP contribution in [0.4, 0.5) is 0 Å². The molecule has 2 aromatic rings. The van der Waals surface area contributed by atoms with E-state index in [9.17, 15) is 4.79 Å². The summed E-state index contributed by atoms with van der Waals surface area (Å²) in [4.78, 5) is 17.0. The number of tetrazole rings is 1. The van der Waals surface area contributed by atoms with Crippen LogP contribution in [0.3, 0.4) is 0 Å². The van der Waals surface area contributed by atoms with Gasteiger partial charge in [0, 0.05) is 0 Å². The SMILES string of the molecule is CC1[C@H](N)C(=O)N1OCc1nnnn1Cc1ccccc1. The average molecular weight is 288 g/mol. The van der Waals surface area contributed by atoms with Crippen LogP contribution in [0, 0.1) is 0 Å². The van der Waals surface area contributed by atoms with Crippen molar-refractivity contribution < 1.29 is 9.63 Å². The Kier molecular flexibility index (Phi) is 3.63. The highest BCUT2D eigenvalue weighted by molar-refractivity contribution is 5.87. The van der Waals surface area contributed by atoms with Crippen molar-refractivity contribution in [3.8, 4) is 0 Å². The van der Waals surface area contributed by atoms with Crippen LogP contribution >= 0.6 is 0 Å². The summed E-state index contributed by atoms with van der Waals surface area (Å²) in [6.07, 6.45) is 0. The van der Waals surface area contributed by atoms with Gasteiger partial charge in [0.1, 0.15) is 12.6 Å². The number of benzene rings is 1. The minimum absolute atomic E-state index is 0.128. The van der Waals surface area contributed by atoms with E-state index >= 15 is 0 Å². The molecule has 21 heavy (non-hydrogen) atoms. The molecule has 0 saturated carbocycles. The Hall–Kier alpha value is -2.32. The van der Waals surface area contributed by atoms with Crippen molar-refractivity contribution >= 4 is 5.91 Å². The molecule has 0 bridgehead atoms. The molecule has 8 heteroatoms. The lowest BCUT2D eigenvalue weighted by Crippen LogP contribution is -2.66. The van der Waals surface area contributed by atoms with Gasteiger partial charge in [0.2, 0.25) is 0 Å². The second-order valence-electron chi connectivity index (χ2n) is 4.94. The van der Waals surface area contributed by atoms with E-state index in [1.165, 1.54) is 5.06 Å². The van der Waals surface area contributed by atoms with E-state index in [0.29, 0.717) is 12.4 Å². The van der Waals surface area contributed by atoms with E-state index in [0.717, 1.165) is 5.56 Å². The molecule has 1 aromatic carbocycles. The van der Waals surface area contributed by atoms with Crippen LogP contribution in [-0.4, -0.2) is 43.3 Å². The van der Waals surface area contributed by atoms with Crippen LogP contribution in [0.1, 0.15) is 18.3 Å². The molecule has 1 saturated heterocycles. The number of hydroxylamine groups is 2. The third-order valence-corrected chi connectivity index (χ3v) is 3.51. The van der Waals surface area contributed by atoms with E-state index in [1.54, 1.807) is 4.68 Å². The molecular formula is C13H16N6O2. The number of carbonyl (C=O) groups excluding carboxylic acids is 1. The van der Waals surface area contributed by atoms with Gasteiger partial charge in [0.15, 0.2) is 5.82 Å². The lowest BCUT2D eigenvalue weighted by Gasteiger charge is -2.41. The van der Waals surface area contributed by atoms with Gasteiger partial charge in [-0.3, -0.25) is 9.63 Å². The molecule has 0 aliphatic carbocycles. The van der Waals surface area contributed by atoms with Gasteiger partial charge in [-0.2, -0.15) is 0 Å². The highest BCUT2D eigenvalue weighted by Crippen LogP contribution is 2.18. The summed E-state index contributed by atoms with van der Waals surface area (Å²) < 4.78 is 1.64. The summed E-state index contributed by atoms with van der Waals surface area (Å²) in [7, 11) is 0. The molecule has 0 radical (unpaired) electrons. The second kappa shape index (κ2) is 5.58. The van der Waals surface area contributed by atoms with Gasteiger partial charge in [0.05, 0.1) is 12.6 Å². The standard InChI is InChI=1S/C13H16N6O2/c1-9-12(14)13(20)19(9)21-8-11-15-16-17-18(11)7-10-5-3-2-4-6-10/h2-6,9,12H,7-8,14H2,1H3/t9?,12-/m0/s1. The summed E-state index contributed by atoms with van der Waals surface area (Å²) >= 11 is 0. The Labute approximate surface area is 121 Å². The first-order valence-electron chi connectivity index (χ1n) is 6.67. The first-order chi connectivity index (χ1) is 10.2. The quantitative estimate of drug-likeness (QED) is 0.759. The number of rotatable bonds is 5. The minimum Gasteiger partial charge on any atom is -0.318 e. The summed E-state index contributed by atoms with van der Waals surface area (Å²) in [6, 6.07) is 9.24. The van der Waals surface area contributed by atoms with Crippen LogP contribution in [0.25, 0.3) is 0 Å². The van der Waals surface area contributed by atoms with Crippen molar-refractivity contribution in [1.29, 1.82) is 0 Å². The number of β-lactam (4-membered cyclic amide) rings is 1. The fraction of sp³-hybridized carbons (Fsp3) is 0.385. The van der Waals surface area contributed by atoms with E-state index < -0.39 is 6.04 Å². The molecule has 0 spiro atoms. The number of carbonyl (C=O) groups is 1. The summed E-state index contributed by atoms with van der Waals surface area (Å²) in [5.74, 6) is 0.337. The van der Waals surface area contributed by atoms with Crippen molar-refractivity contribution in [3.63, 3.8) is 0 Å². The monoisotopic (exact) mass is 288 g/mol. The molecule has 2 N–H and O–H groups in total. The van der Waals surface area contributed by atoms with Crippen LogP contribution in [0.5, 0.6) is 0 Å². The molecule has 2 atom stereocenters. The number of amides is 1. The number of hydrogen-bond donors (Lipinski definition) is 1. The molecule has 110 valence electrons. The Morgan fingerprint density at radius 3 is 2.81 bits per heavy atom. The molecule has 3 rings (SSSR count). The fourth-order valence-electron chi connectivity index (χ4n) is 2.13. The molecule has 1 aliphatic heterocycles. The van der Waals surface area contributed by atoms with Gasteiger partial charge in [0.25, 0.3) is 5.91 Å². The first-order valence-corrected chi connectivity index (χ1v) is 6.67. The zero-order chi connectivity index (χ0) is 14.8. The number of nitrogens with zero attached hydrogens (tertiary/aromatic N) is 5. The van der Waals surface area contributed by atoms with Gasteiger partial charge < -0.3 is 5.73 Å². The predicted octanol–water partition coefficient (Wildman–Crippen LogP) is -0.289. The second-order valence-corrected chi connectivity index (χ2v) is 4.94. The summed E-state index contributed by atoms with van der Waals surface area (Å²) in [6.45, 7) is 2.51. The first kappa shape index (κ1) is 13.7. The topological polar surface area (TPSA) is 99.2 Å². The van der Waals surface area contributed by atoms with Crippen LogP contribution in [0.2, 0.25) is 0 Å². The predicted molar refractivity (Wildman–Crippen MR) is 72.4 cm³/mol. The molecule has 1 aromatic heterocycles. The van der Waals surface area contributed by atoms with Crippen molar-refractivity contribution in [2.45, 2.75) is 32.2 Å². The highest BCUT2D eigenvalue weighted by Gasteiger charge is 2.43. The number of aromatic nitrogens is 4. The molecule has 8 nitrogen and oxygen atoms in total. The maximum absolute atomic E-state index is 11.5. The molecule has 1 unspecified atom stereocenters. The summed E-state index contributed by atoms with van der Waals surface area (Å²) in [5.41, 5.74) is 6.70. The summed E-state index contributed by atoms with van der Waals surface area (Å²) in [5, 5.41) is 12.8. The fourth-order valence-corrected chi connectivity index (χ4v) is 2.13. The maximum atomic E-state index is 11.5. The van der Waals surface area contributed by atoms with Crippen molar-refractivity contribution in [1.82, 2.24) is 25.3 Å². The van der Waals surface area contributed by atoms with E-state index in [4.69, 9.17) is 10.6 Å².